The predicted octanol–water partition coefficient (Wildman–Crippen LogP) is 6.95. The van der Waals surface area contributed by atoms with Crippen LogP contribution in [0.4, 0.5) is 0 Å². The van der Waals surface area contributed by atoms with Crippen molar-refractivity contribution >= 4 is 46.4 Å². The summed E-state index contributed by atoms with van der Waals surface area (Å²) in [6.45, 7) is 8.53. The first kappa shape index (κ1) is 20.4. The molecule has 2 N–H and O–H groups in total. The van der Waals surface area contributed by atoms with Crippen molar-refractivity contribution in [3.63, 3.8) is 0 Å². The average Bonchev–Trinajstić information content (AvgIpc) is 3.61. The molecule has 0 saturated heterocycles. The fourth-order valence-electron chi connectivity index (χ4n) is 4.57. The van der Waals surface area contributed by atoms with Gasteiger partial charge in [-0.15, -0.1) is 0 Å². The third-order valence-corrected chi connectivity index (χ3v) is 6.76. The predicted molar refractivity (Wildman–Crippen MR) is 141 cm³/mol. The van der Waals surface area contributed by atoms with Gasteiger partial charge in [-0.2, -0.15) is 0 Å². The fraction of sp³-hybridized carbons (Fsp3) is 0.138. The Balaban J connectivity index is 1.74. The number of hydrogen-bond donors (Lipinski definition) is 2. The van der Waals surface area contributed by atoms with Gasteiger partial charge in [0.05, 0.1) is 34.0 Å². The minimum absolute atomic E-state index is 0.900. The van der Waals surface area contributed by atoms with Crippen LogP contribution < -0.4 is 0 Å². The SMILES string of the molecule is Cc1nc(-c2c3nc(cc4ccc(cc5nc(cc6ccc2[nH]6)C=C5)[nH]4)C=C3)c(C)c(C)c1C. The van der Waals surface area contributed by atoms with Gasteiger partial charge in [0.15, 0.2) is 0 Å². The summed E-state index contributed by atoms with van der Waals surface area (Å²) in [6, 6.07) is 14.5. The second-order valence-electron chi connectivity index (χ2n) is 8.98. The minimum Gasteiger partial charge on any atom is -0.355 e. The van der Waals surface area contributed by atoms with Gasteiger partial charge in [0.25, 0.3) is 0 Å². The summed E-state index contributed by atoms with van der Waals surface area (Å²) in [4.78, 5) is 21.8. The number of H-pyrrole nitrogens is 2. The standard InChI is InChI=1S/C29H25N5/c1-16-17(2)19(4)30-29(18(16)3)28-26-11-9-24(33-26)14-22-7-5-20(31-22)13-21-6-8-23(32-21)15-25-10-12-27(28)34-25/h5-15,31,34H,1-4H3. The van der Waals surface area contributed by atoms with Crippen LogP contribution in [0.25, 0.3) is 57.6 Å². The van der Waals surface area contributed by atoms with Crippen LogP contribution in [0.5, 0.6) is 0 Å². The van der Waals surface area contributed by atoms with E-state index >= 15 is 0 Å². The molecule has 0 saturated carbocycles. The van der Waals surface area contributed by atoms with Crippen LogP contribution in [-0.2, 0) is 0 Å². The van der Waals surface area contributed by atoms with E-state index in [-0.39, 0.29) is 0 Å². The molecule has 0 fully saturated rings. The number of aromatic nitrogens is 5. The lowest BCUT2D eigenvalue weighted by molar-refractivity contribution is 1.09. The van der Waals surface area contributed by atoms with Crippen LogP contribution in [0.2, 0.25) is 0 Å². The Morgan fingerprint density at radius 2 is 1.15 bits per heavy atom. The monoisotopic (exact) mass is 443 g/mol. The highest BCUT2D eigenvalue weighted by molar-refractivity contribution is 5.91. The highest BCUT2D eigenvalue weighted by atomic mass is 14.8. The molecule has 0 amide bonds. The van der Waals surface area contributed by atoms with E-state index in [9.17, 15) is 0 Å². The van der Waals surface area contributed by atoms with E-state index in [1.54, 1.807) is 0 Å². The molecular formula is C29H25N5. The number of fused-ring (bicyclic) bond motifs is 8. The minimum atomic E-state index is 0.900. The number of nitrogens with zero attached hydrogens (tertiary/aromatic N) is 3. The summed E-state index contributed by atoms with van der Waals surface area (Å²) in [5, 5.41) is 0. The zero-order chi connectivity index (χ0) is 23.4. The van der Waals surface area contributed by atoms with Crippen molar-refractivity contribution in [2.24, 2.45) is 0 Å². The first-order chi connectivity index (χ1) is 16.4. The maximum Gasteiger partial charge on any atom is 0.0779 e. The molecule has 0 spiro atoms. The van der Waals surface area contributed by atoms with Crippen LogP contribution in [-0.4, -0.2) is 24.9 Å². The maximum absolute atomic E-state index is 5.04. The van der Waals surface area contributed by atoms with Crippen LogP contribution in [0.1, 0.15) is 45.2 Å². The largest absolute Gasteiger partial charge is 0.355 e. The molecule has 8 bridgehead atoms. The number of aryl methyl sites for hydroxylation is 1. The number of aromatic amines is 2. The third kappa shape index (κ3) is 3.46. The number of rotatable bonds is 1. The lowest BCUT2D eigenvalue weighted by Gasteiger charge is -2.14. The van der Waals surface area contributed by atoms with Crippen molar-refractivity contribution in [2.75, 3.05) is 0 Å². The molecule has 166 valence electrons. The molecule has 34 heavy (non-hydrogen) atoms. The molecule has 6 heterocycles. The number of hydrogen-bond acceptors (Lipinski definition) is 3. The maximum atomic E-state index is 5.04. The highest BCUT2D eigenvalue weighted by Crippen LogP contribution is 2.33. The topological polar surface area (TPSA) is 70.2 Å². The van der Waals surface area contributed by atoms with Gasteiger partial charge in [-0.25, -0.2) is 9.97 Å². The molecule has 0 atom stereocenters. The first-order valence-electron chi connectivity index (χ1n) is 11.5. The summed E-state index contributed by atoms with van der Waals surface area (Å²) in [6.07, 6.45) is 8.20. The molecule has 6 rings (SSSR count). The lowest BCUT2D eigenvalue weighted by atomic mass is 9.97. The summed E-state index contributed by atoms with van der Waals surface area (Å²) in [5.74, 6) is 0. The van der Waals surface area contributed by atoms with E-state index in [0.717, 1.165) is 61.8 Å². The average molecular weight is 444 g/mol. The Bertz CT molecular complexity index is 1700. The third-order valence-electron chi connectivity index (χ3n) is 6.76. The Morgan fingerprint density at radius 1 is 0.559 bits per heavy atom. The molecule has 5 nitrogen and oxygen atoms in total. The molecule has 5 heteroatoms. The molecule has 2 aliphatic heterocycles. The summed E-state index contributed by atoms with van der Waals surface area (Å²) >= 11 is 0. The lowest BCUT2D eigenvalue weighted by Crippen LogP contribution is -2.00. The second-order valence-corrected chi connectivity index (χ2v) is 8.98. The Hall–Kier alpha value is -4.25. The molecule has 0 unspecified atom stereocenters. The van der Waals surface area contributed by atoms with Gasteiger partial charge < -0.3 is 9.97 Å². The smallest absolute Gasteiger partial charge is 0.0779 e. The van der Waals surface area contributed by atoms with Gasteiger partial charge in [-0.1, -0.05) is 0 Å². The second kappa shape index (κ2) is 7.66. The summed E-state index contributed by atoms with van der Waals surface area (Å²) in [5.41, 5.74) is 14.3. The van der Waals surface area contributed by atoms with Gasteiger partial charge in [0.1, 0.15) is 0 Å². The van der Waals surface area contributed by atoms with Gasteiger partial charge >= 0.3 is 0 Å². The van der Waals surface area contributed by atoms with Crippen molar-refractivity contribution in [1.29, 1.82) is 0 Å². The zero-order valence-corrected chi connectivity index (χ0v) is 19.7. The molecule has 0 radical (unpaired) electrons. The van der Waals surface area contributed by atoms with Crippen LogP contribution in [0, 0.1) is 27.7 Å². The van der Waals surface area contributed by atoms with Crippen molar-refractivity contribution < 1.29 is 0 Å². The van der Waals surface area contributed by atoms with Crippen molar-refractivity contribution in [3.8, 4) is 11.3 Å². The fourth-order valence-corrected chi connectivity index (χ4v) is 4.57. The highest BCUT2D eigenvalue weighted by Gasteiger charge is 2.17. The number of pyridine rings is 1. The molecule has 2 aliphatic rings. The first-order valence-corrected chi connectivity index (χ1v) is 11.5. The Labute approximate surface area is 198 Å². The Kier molecular flexibility index (Phi) is 4.59. The van der Waals surface area contributed by atoms with E-state index in [1.165, 1.54) is 16.7 Å². The van der Waals surface area contributed by atoms with E-state index in [1.807, 2.05) is 18.2 Å². The zero-order valence-electron chi connectivity index (χ0n) is 19.7. The molecule has 4 aromatic heterocycles. The van der Waals surface area contributed by atoms with Gasteiger partial charge in [-0.05, 0) is 111 Å². The Morgan fingerprint density at radius 3 is 1.85 bits per heavy atom. The van der Waals surface area contributed by atoms with Crippen LogP contribution >= 0.6 is 0 Å². The van der Waals surface area contributed by atoms with Crippen molar-refractivity contribution in [2.45, 2.75) is 27.7 Å². The van der Waals surface area contributed by atoms with Crippen LogP contribution in [0.15, 0.2) is 42.5 Å². The van der Waals surface area contributed by atoms with Gasteiger partial charge in [-0.3, -0.25) is 4.98 Å². The van der Waals surface area contributed by atoms with E-state index in [0.29, 0.717) is 0 Å². The molecule has 0 aliphatic carbocycles. The van der Waals surface area contributed by atoms with E-state index in [2.05, 4.69) is 86.2 Å². The van der Waals surface area contributed by atoms with Gasteiger partial charge in [0, 0.05) is 27.8 Å². The van der Waals surface area contributed by atoms with Crippen molar-refractivity contribution in [1.82, 2.24) is 24.9 Å². The van der Waals surface area contributed by atoms with Crippen molar-refractivity contribution in [3.05, 3.63) is 87.6 Å². The molecule has 0 aromatic carbocycles. The molecular weight excluding hydrogens is 418 g/mol. The summed E-state index contributed by atoms with van der Waals surface area (Å²) < 4.78 is 0. The van der Waals surface area contributed by atoms with Crippen LogP contribution in [0.3, 0.4) is 0 Å². The summed E-state index contributed by atoms with van der Waals surface area (Å²) in [7, 11) is 0. The van der Waals surface area contributed by atoms with Gasteiger partial charge in [0.2, 0.25) is 0 Å². The van der Waals surface area contributed by atoms with E-state index < -0.39 is 0 Å². The van der Waals surface area contributed by atoms with E-state index in [4.69, 9.17) is 15.0 Å². The number of nitrogens with one attached hydrogen (secondary N) is 2. The molecule has 4 aromatic rings. The quantitative estimate of drug-likeness (QED) is 0.289. The normalized spacial score (nSPS) is 12.5.